The van der Waals surface area contributed by atoms with Gasteiger partial charge in [-0.3, -0.25) is 0 Å². The van der Waals surface area contributed by atoms with E-state index in [1.54, 1.807) is 0 Å². The molecule has 16 heavy (non-hydrogen) atoms. The Labute approximate surface area is 101 Å². The molecule has 0 saturated carbocycles. The Morgan fingerprint density at radius 1 is 1.31 bits per heavy atom. The average Bonchev–Trinajstić information content (AvgIpc) is 2.30. The SMILES string of the molecule is NC[C@@H](N)CC1=Cc2c(Cl)cccc2CC1. The Hall–Kier alpha value is -0.830. The van der Waals surface area contributed by atoms with Gasteiger partial charge in [0.05, 0.1) is 0 Å². The lowest BCUT2D eigenvalue weighted by atomic mass is 9.89. The summed E-state index contributed by atoms with van der Waals surface area (Å²) in [5.41, 5.74) is 15.3. The Morgan fingerprint density at radius 3 is 2.88 bits per heavy atom. The second kappa shape index (κ2) is 5.00. The van der Waals surface area contributed by atoms with Crippen molar-refractivity contribution >= 4 is 17.7 Å². The number of nitrogens with two attached hydrogens (primary N) is 2. The molecule has 86 valence electrons. The predicted molar refractivity (Wildman–Crippen MR) is 69.4 cm³/mol. The van der Waals surface area contributed by atoms with Crippen LogP contribution in [0.4, 0.5) is 0 Å². The molecule has 0 heterocycles. The van der Waals surface area contributed by atoms with Crippen molar-refractivity contribution in [1.29, 1.82) is 0 Å². The van der Waals surface area contributed by atoms with Gasteiger partial charge < -0.3 is 11.5 Å². The lowest BCUT2D eigenvalue weighted by Gasteiger charge is -2.19. The summed E-state index contributed by atoms with van der Waals surface area (Å²) in [6.45, 7) is 0.534. The zero-order valence-corrected chi connectivity index (χ0v) is 10.0. The van der Waals surface area contributed by atoms with Crippen molar-refractivity contribution in [1.82, 2.24) is 0 Å². The largest absolute Gasteiger partial charge is 0.329 e. The van der Waals surface area contributed by atoms with Gasteiger partial charge in [0.2, 0.25) is 0 Å². The molecule has 2 rings (SSSR count). The van der Waals surface area contributed by atoms with Crippen LogP contribution in [0.25, 0.3) is 6.08 Å². The molecule has 0 bridgehead atoms. The smallest absolute Gasteiger partial charge is 0.0481 e. The fraction of sp³-hybridized carbons (Fsp3) is 0.385. The Bertz CT molecular complexity index is 412. The number of fused-ring (bicyclic) bond motifs is 1. The molecule has 1 atom stereocenters. The molecule has 0 unspecified atom stereocenters. The van der Waals surface area contributed by atoms with Gasteiger partial charge in [-0.1, -0.05) is 35.4 Å². The van der Waals surface area contributed by atoms with E-state index in [2.05, 4.69) is 12.1 Å². The standard InChI is InChI=1S/C13H17ClN2/c14-13-3-1-2-10-5-4-9(7-12(10)13)6-11(16)8-15/h1-3,7,11H,4-6,8,15-16H2/t11-/m0/s1. The molecule has 0 radical (unpaired) electrons. The van der Waals surface area contributed by atoms with Crippen LogP contribution in [-0.4, -0.2) is 12.6 Å². The number of benzene rings is 1. The molecule has 0 saturated heterocycles. The monoisotopic (exact) mass is 236 g/mol. The lowest BCUT2D eigenvalue weighted by Crippen LogP contribution is -2.30. The lowest BCUT2D eigenvalue weighted by molar-refractivity contribution is 0.656. The van der Waals surface area contributed by atoms with Gasteiger partial charge in [0.25, 0.3) is 0 Å². The number of aryl methyl sites for hydroxylation is 1. The first-order valence-corrected chi connectivity index (χ1v) is 6.01. The summed E-state index contributed by atoms with van der Waals surface area (Å²) in [7, 11) is 0. The van der Waals surface area contributed by atoms with Crippen molar-refractivity contribution in [2.75, 3.05) is 6.54 Å². The highest BCUT2D eigenvalue weighted by Gasteiger charge is 2.14. The van der Waals surface area contributed by atoms with E-state index in [1.807, 2.05) is 12.1 Å². The van der Waals surface area contributed by atoms with Crippen molar-refractivity contribution in [2.45, 2.75) is 25.3 Å². The van der Waals surface area contributed by atoms with Crippen LogP contribution < -0.4 is 11.5 Å². The van der Waals surface area contributed by atoms with Gasteiger partial charge in [0, 0.05) is 17.6 Å². The summed E-state index contributed by atoms with van der Waals surface area (Å²) < 4.78 is 0. The summed E-state index contributed by atoms with van der Waals surface area (Å²) in [5.74, 6) is 0. The summed E-state index contributed by atoms with van der Waals surface area (Å²) in [4.78, 5) is 0. The third-order valence-corrected chi connectivity index (χ3v) is 3.36. The van der Waals surface area contributed by atoms with Crippen LogP contribution >= 0.6 is 11.6 Å². The first-order chi connectivity index (χ1) is 7.70. The maximum atomic E-state index is 6.18. The third kappa shape index (κ3) is 2.46. The van der Waals surface area contributed by atoms with E-state index in [9.17, 15) is 0 Å². The molecule has 0 spiro atoms. The van der Waals surface area contributed by atoms with Gasteiger partial charge in [0.15, 0.2) is 0 Å². The van der Waals surface area contributed by atoms with Crippen LogP contribution in [0.1, 0.15) is 24.0 Å². The van der Waals surface area contributed by atoms with Gasteiger partial charge in [0.1, 0.15) is 0 Å². The van der Waals surface area contributed by atoms with E-state index in [0.717, 1.165) is 29.8 Å². The highest BCUT2D eigenvalue weighted by atomic mass is 35.5. The van der Waals surface area contributed by atoms with E-state index in [0.29, 0.717) is 6.54 Å². The fourth-order valence-electron chi connectivity index (χ4n) is 2.11. The van der Waals surface area contributed by atoms with E-state index in [4.69, 9.17) is 23.1 Å². The summed E-state index contributed by atoms with van der Waals surface area (Å²) >= 11 is 6.18. The first kappa shape index (κ1) is 11.6. The van der Waals surface area contributed by atoms with Crippen molar-refractivity contribution < 1.29 is 0 Å². The molecule has 1 aliphatic rings. The van der Waals surface area contributed by atoms with Crippen LogP contribution in [0.2, 0.25) is 5.02 Å². The summed E-state index contributed by atoms with van der Waals surface area (Å²) in [6.07, 6.45) is 5.18. The van der Waals surface area contributed by atoms with Crippen LogP contribution in [-0.2, 0) is 6.42 Å². The van der Waals surface area contributed by atoms with Crippen LogP contribution in [0.5, 0.6) is 0 Å². The van der Waals surface area contributed by atoms with Crippen molar-refractivity contribution in [3.63, 3.8) is 0 Å². The van der Waals surface area contributed by atoms with Crippen LogP contribution in [0.3, 0.4) is 0 Å². The Balaban J connectivity index is 2.23. The van der Waals surface area contributed by atoms with Crippen LogP contribution in [0.15, 0.2) is 23.8 Å². The fourth-order valence-corrected chi connectivity index (χ4v) is 2.36. The summed E-state index contributed by atoms with van der Waals surface area (Å²) in [6, 6.07) is 6.14. The Morgan fingerprint density at radius 2 is 2.12 bits per heavy atom. The van der Waals surface area contributed by atoms with Gasteiger partial charge in [-0.05, 0) is 36.5 Å². The summed E-state index contributed by atoms with van der Waals surface area (Å²) in [5, 5.41) is 0.830. The number of rotatable bonds is 3. The normalized spacial score (nSPS) is 16.6. The Kier molecular flexibility index (Phi) is 3.64. The quantitative estimate of drug-likeness (QED) is 0.847. The molecular formula is C13H17ClN2. The topological polar surface area (TPSA) is 52.0 Å². The minimum Gasteiger partial charge on any atom is -0.329 e. The highest BCUT2D eigenvalue weighted by molar-refractivity contribution is 6.32. The molecule has 1 aromatic rings. The van der Waals surface area contributed by atoms with Gasteiger partial charge >= 0.3 is 0 Å². The molecule has 0 aromatic heterocycles. The maximum Gasteiger partial charge on any atom is 0.0481 e. The zero-order valence-electron chi connectivity index (χ0n) is 9.25. The first-order valence-electron chi connectivity index (χ1n) is 5.63. The molecule has 1 aromatic carbocycles. The number of hydrogen-bond donors (Lipinski definition) is 2. The predicted octanol–water partition coefficient (Wildman–Crippen LogP) is 2.35. The second-order valence-electron chi connectivity index (χ2n) is 4.32. The van der Waals surface area contributed by atoms with E-state index >= 15 is 0 Å². The molecule has 2 nitrogen and oxygen atoms in total. The highest BCUT2D eigenvalue weighted by Crippen LogP contribution is 2.30. The van der Waals surface area contributed by atoms with Crippen LogP contribution in [0, 0.1) is 0 Å². The number of hydrogen-bond acceptors (Lipinski definition) is 2. The molecule has 0 fully saturated rings. The van der Waals surface area contributed by atoms with E-state index in [1.165, 1.54) is 11.1 Å². The minimum atomic E-state index is 0.0651. The second-order valence-corrected chi connectivity index (χ2v) is 4.72. The molecular weight excluding hydrogens is 220 g/mol. The average molecular weight is 237 g/mol. The molecule has 1 aliphatic carbocycles. The maximum absolute atomic E-state index is 6.18. The van der Waals surface area contributed by atoms with Crippen molar-refractivity contribution in [3.05, 3.63) is 39.9 Å². The minimum absolute atomic E-state index is 0.0651. The molecule has 0 amide bonds. The van der Waals surface area contributed by atoms with Gasteiger partial charge in [-0.2, -0.15) is 0 Å². The van der Waals surface area contributed by atoms with Crippen molar-refractivity contribution in [3.8, 4) is 0 Å². The third-order valence-electron chi connectivity index (χ3n) is 3.03. The zero-order chi connectivity index (χ0) is 11.5. The van der Waals surface area contributed by atoms with E-state index < -0.39 is 0 Å². The number of halogens is 1. The molecule has 4 N–H and O–H groups in total. The van der Waals surface area contributed by atoms with E-state index in [-0.39, 0.29) is 6.04 Å². The van der Waals surface area contributed by atoms with Crippen molar-refractivity contribution in [2.24, 2.45) is 11.5 Å². The van der Waals surface area contributed by atoms with Gasteiger partial charge in [-0.15, -0.1) is 0 Å². The van der Waals surface area contributed by atoms with Gasteiger partial charge in [-0.25, -0.2) is 0 Å². The molecule has 3 heteroatoms. The molecule has 0 aliphatic heterocycles.